The van der Waals surface area contributed by atoms with Gasteiger partial charge in [-0.1, -0.05) is 6.07 Å². The van der Waals surface area contributed by atoms with Gasteiger partial charge in [0.15, 0.2) is 11.6 Å². The number of carbonyl (C=O) groups excluding carboxylic acids is 1. The van der Waals surface area contributed by atoms with E-state index in [1.165, 1.54) is 13.2 Å². The second-order valence-electron chi connectivity index (χ2n) is 5.90. The van der Waals surface area contributed by atoms with E-state index in [1.54, 1.807) is 12.1 Å². The first-order valence-corrected chi connectivity index (χ1v) is 7.50. The minimum absolute atomic E-state index is 0.0102. The topological polar surface area (TPSA) is 42.0 Å². The summed E-state index contributed by atoms with van der Waals surface area (Å²) in [5.41, 5.74) is 0.660. The molecule has 0 bridgehead atoms. The molecule has 0 saturated carbocycles. The van der Waals surface area contributed by atoms with Gasteiger partial charge in [0.1, 0.15) is 0 Å². The summed E-state index contributed by atoms with van der Waals surface area (Å²) in [6.07, 6.45) is 0.291. The van der Waals surface area contributed by atoms with Crippen molar-refractivity contribution in [3.63, 3.8) is 0 Å². The van der Waals surface area contributed by atoms with E-state index in [4.69, 9.17) is 9.47 Å². The Hall–Kier alpha value is -1.66. The third kappa shape index (κ3) is 2.94. The summed E-state index contributed by atoms with van der Waals surface area (Å²) in [4.78, 5) is 16.5. The van der Waals surface area contributed by atoms with E-state index in [2.05, 4.69) is 11.9 Å². The van der Waals surface area contributed by atoms with E-state index < -0.39 is 5.82 Å². The maximum absolute atomic E-state index is 13.7. The van der Waals surface area contributed by atoms with E-state index in [1.807, 2.05) is 4.90 Å². The van der Waals surface area contributed by atoms with Crippen LogP contribution in [0, 0.1) is 5.82 Å². The lowest BCUT2D eigenvalue weighted by Crippen LogP contribution is -2.48. The van der Waals surface area contributed by atoms with E-state index in [-0.39, 0.29) is 30.2 Å². The smallest absolute Gasteiger partial charge is 0.227 e. The molecule has 0 radical (unpaired) electrons. The molecule has 3 rings (SSSR count). The van der Waals surface area contributed by atoms with Crippen LogP contribution in [0.5, 0.6) is 5.75 Å². The number of carbonyl (C=O) groups is 1. The van der Waals surface area contributed by atoms with Crippen molar-refractivity contribution in [1.29, 1.82) is 0 Å². The average molecular weight is 308 g/mol. The zero-order valence-corrected chi connectivity index (χ0v) is 12.9. The Labute approximate surface area is 129 Å². The molecular formula is C16H21FN2O3. The average Bonchev–Trinajstić information content (AvgIpc) is 2.93. The summed E-state index contributed by atoms with van der Waals surface area (Å²) in [6, 6.07) is 4.91. The van der Waals surface area contributed by atoms with Crippen molar-refractivity contribution in [3.05, 3.63) is 29.6 Å². The minimum atomic E-state index is -0.439. The zero-order valence-electron chi connectivity index (χ0n) is 12.9. The van der Waals surface area contributed by atoms with Crippen molar-refractivity contribution in [2.75, 3.05) is 40.4 Å². The molecule has 1 amide bonds. The van der Waals surface area contributed by atoms with Crippen LogP contribution in [0.2, 0.25) is 0 Å². The van der Waals surface area contributed by atoms with Crippen LogP contribution >= 0.6 is 0 Å². The highest BCUT2D eigenvalue weighted by molar-refractivity contribution is 5.79. The van der Waals surface area contributed by atoms with Gasteiger partial charge in [0, 0.05) is 19.6 Å². The fourth-order valence-corrected chi connectivity index (χ4v) is 3.17. The van der Waals surface area contributed by atoms with Crippen LogP contribution in [0.1, 0.15) is 5.56 Å². The van der Waals surface area contributed by atoms with Crippen molar-refractivity contribution >= 4 is 5.91 Å². The van der Waals surface area contributed by atoms with Crippen LogP contribution in [0.25, 0.3) is 0 Å². The van der Waals surface area contributed by atoms with E-state index in [0.29, 0.717) is 25.3 Å². The summed E-state index contributed by atoms with van der Waals surface area (Å²) in [5.74, 6) is -0.236. The predicted molar refractivity (Wildman–Crippen MR) is 79.4 cm³/mol. The molecule has 2 aliphatic heterocycles. The maximum atomic E-state index is 13.7. The summed E-state index contributed by atoms with van der Waals surface area (Å²) in [5, 5.41) is 0. The zero-order chi connectivity index (χ0) is 15.7. The number of rotatable bonds is 3. The molecule has 0 aliphatic carbocycles. The fourth-order valence-electron chi connectivity index (χ4n) is 3.17. The molecule has 2 atom stereocenters. The molecule has 22 heavy (non-hydrogen) atoms. The normalized spacial score (nSPS) is 25.1. The highest BCUT2D eigenvalue weighted by Crippen LogP contribution is 2.23. The van der Waals surface area contributed by atoms with Gasteiger partial charge in [-0.25, -0.2) is 4.39 Å². The third-order valence-electron chi connectivity index (χ3n) is 4.50. The predicted octanol–water partition coefficient (Wildman–Crippen LogP) is 0.918. The van der Waals surface area contributed by atoms with Gasteiger partial charge in [0.25, 0.3) is 0 Å². The van der Waals surface area contributed by atoms with Gasteiger partial charge in [0.05, 0.1) is 32.3 Å². The molecule has 0 unspecified atom stereocenters. The Kier molecular flexibility index (Phi) is 4.31. The first kappa shape index (κ1) is 15.2. The van der Waals surface area contributed by atoms with Crippen LogP contribution in [-0.2, 0) is 16.0 Å². The van der Waals surface area contributed by atoms with Crippen molar-refractivity contribution in [2.45, 2.75) is 18.6 Å². The molecular weight excluding hydrogens is 287 g/mol. The number of fused-ring (bicyclic) bond motifs is 1. The number of benzene rings is 1. The Morgan fingerprint density at radius 1 is 1.45 bits per heavy atom. The number of morpholine rings is 1. The molecule has 0 aromatic heterocycles. The monoisotopic (exact) mass is 308 g/mol. The van der Waals surface area contributed by atoms with Crippen molar-refractivity contribution in [2.24, 2.45) is 0 Å². The first-order chi connectivity index (χ1) is 10.6. The Morgan fingerprint density at radius 2 is 2.27 bits per heavy atom. The summed E-state index contributed by atoms with van der Waals surface area (Å²) in [6.45, 7) is 2.90. The Morgan fingerprint density at radius 3 is 2.95 bits per heavy atom. The number of nitrogens with zero attached hydrogens (tertiary/aromatic N) is 2. The van der Waals surface area contributed by atoms with E-state index in [9.17, 15) is 9.18 Å². The molecule has 1 aromatic carbocycles. The molecule has 2 saturated heterocycles. The lowest BCUT2D eigenvalue weighted by molar-refractivity contribution is -0.129. The Balaban J connectivity index is 1.64. The number of amides is 1. The summed E-state index contributed by atoms with van der Waals surface area (Å²) >= 11 is 0. The van der Waals surface area contributed by atoms with Gasteiger partial charge in [-0.05, 0) is 24.7 Å². The highest BCUT2D eigenvalue weighted by Gasteiger charge is 2.40. The summed E-state index contributed by atoms with van der Waals surface area (Å²) in [7, 11) is 3.48. The number of halogens is 1. The van der Waals surface area contributed by atoms with Crippen LogP contribution in [0.3, 0.4) is 0 Å². The van der Waals surface area contributed by atoms with E-state index >= 15 is 0 Å². The van der Waals surface area contributed by atoms with E-state index in [0.717, 1.165) is 6.54 Å². The Bertz CT molecular complexity index is 566. The quantitative estimate of drug-likeness (QED) is 0.833. The molecule has 6 heteroatoms. The number of hydrogen-bond acceptors (Lipinski definition) is 4. The fraction of sp³-hybridized carbons (Fsp3) is 0.562. The molecule has 0 spiro atoms. The number of hydrogen-bond donors (Lipinski definition) is 0. The lowest BCUT2D eigenvalue weighted by atomic mass is 10.1. The van der Waals surface area contributed by atoms with Gasteiger partial charge >= 0.3 is 0 Å². The molecule has 2 aliphatic rings. The molecule has 2 heterocycles. The number of methoxy groups -OCH3 is 1. The van der Waals surface area contributed by atoms with Gasteiger partial charge in [-0.3, -0.25) is 9.69 Å². The lowest BCUT2D eigenvalue weighted by Gasteiger charge is -2.33. The van der Waals surface area contributed by atoms with Gasteiger partial charge in [0.2, 0.25) is 5.91 Å². The minimum Gasteiger partial charge on any atom is -0.494 e. The second-order valence-corrected chi connectivity index (χ2v) is 5.90. The molecule has 5 nitrogen and oxygen atoms in total. The molecule has 120 valence electrons. The maximum Gasteiger partial charge on any atom is 0.227 e. The highest BCUT2D eigenvalue weighted by atomic mass is 19.1. The van der Waals surface area contributed by atoms with Crippen LogP contribution in [0.15, 0.2) is 18.2 Å². The largest absolute Gasteiger partial charge is 0.494 e. The van der Waals surface area contributed by atoms with Crippen LogP contribution in [-0.4, -0.2) is 68.3 Å². The van der Waals surface area contributed by atoms with Crippen molar-refractivity contribution in [1.82, 2.24) is 9.80 Å². The van der Waals surface area contributed by atoms with Gasteiger partial charge in [-0.2, -0.15) is 0 Å². The first-order valence-electron chi connectivity index (χ1n) is 7.50. The van der Waals surface area contributed by atoms with Gasteiger partial charge in [-0.15, -0.1) is 0 Å². The summed E-state index contributed by atoms with van der Waals surface area (Å²) < 4.78 is 24.3. The van der Waals surface area contributed by atoms with Crippen LogP contribution < -0.4 is 4.74 Å². The standard InChI is InChI=1S/C16H21FN2O3/c1-18-5-6-22-15-10-19(9-13(15)18)16(20)8-11-3-4-14(21-2)12(17)7-11/h3-4,7,13,15H,5-6,8-10H2,1-2H3/t13-,15+/m0/s1. The van der Waals surface area contributed by atoms with Crippen LogP contribution in [0.4, 0.5) is 4.39 Å². The number of ether oxygens (including phenoxy) is 2. The SMILES string of the molecule is COc1ccc(CC(=O)N2C[C@H]3OCCN(C)[C@H]3C2)cc1F. The van der Waals surface area contributed by atoms with Crippen molar-refractivity contribution in [3.8, 4) is 5.75 Å². The number of likely N-dealkylation sites (tertiary alicyclic amines) is 1. The molecule has 1 aromatic rings. The molecule has 0 N–H and O–H groups in total. The second kappa shape index (κ2) is 6.22. The van der Waals surface area contributed by atoms with Crippen molar-refractivity contribution < 1.29 is 18.7 Å². The van der Waals surface area contributed by atoms with Gasteiger partial charge < -0.3 is 14.4 Å². The number of likely N-dealkylation sites (N-methyl/N-ethyl adjacent to an activating group) is 1. The molecule has 2 fully saturated rings. The third-order valence-corrected chi connectivity index (χ3v) is 4.50.